The second kappa shape index (κ2) is 10.0. The second-order valence-corrected chi connectivity index (χ2v) is 6.48. The van der Waals surface area contributed by atoms with E-state index in [1.54, 1.807) is 13.8 Å². The third-order valence-electron chi connectivity index (χ3n) is 4.46. The average molecular weight is 350 g/mol. The van der Waals surface area contributed by atoms with E-state index in [1.807, 2.05) is 0 Å². The molecule has 0 spiro atoms. The zero-order valence-corrected chi connectivity index (χ0v) is 16.0. The lowest BCUT2D eigenvalue weighted by Gasteiger charge is -2.15. The molecule has 140 valence electrons. The molecule has 0 saturated heterocycles. The van der Waals surface area contributed by atoms with E-state index in [1.165, 1.54) is 6.92 Å². The van der Waals surface area contributed by atoms with Gasteiger partial charge < -0.3 is 15.0 Å². The number of nitrogens with one attached hydrogen (secondary N) is 2. The fourth-order valence-corrected chi connectivity index (χ4v) is 2.94. The van der Waals surface area contributed by atoms with Crippen molar-refractivity contribution in [2.45, 2.75) is 60.3 Å². The summed E-state index contributed by atoms with van der Waals surface area (Å²) in [6, 6.07) is 0. The van der Waals surface area contributed by atoms with Gasteiger partial charge >= 0.3 is 5.97 Å². The second-order valence-electron chi connectivity index (χ2n) is 6.48. The van der Waals surface area contributed by atoms with E-state index in [2.05, 4.69) is 24.1 Å². The molecular formula is C19H30N2O4. The number of hydrogen-bond donors (Lipinski definition) is 2. The van der Waals surface area contributed by atoms with Crippen molar-refractivity contribution in [3.63, 3.8) is 0 Å². The first-order valence-electron chi connectivity index (χ1n) is 8.95. The molecule has 1 rings (SSSR count). The Bertz CT molecular complexity index is 619. The molecule has 0 bridgehead atoms. The maximum Gasteiger partial charge on any atom is 0.355 e. The number of aromatic nitrogens is 1. The SMILES string of the molecule is CCCC[C@H](CC)CNC(=O)COC(=O)c1[nH]c(C)c(C(C)=O)c1C. The number of H-pyrrole nitrogens is 1. The van der Waals surface area contributed by atoms with Gasteiger partial charge in [0.2, 0.25) is 0 Å². The van der Waals surface area contributed by atoms with Crippen molar-refractivity contribution >= 4 is 17.7 Å². The quantitative estimate of drug-likeness (QED) is 0.500. The number of unbranched alkanes of at least 4 members (excludes halogenated alkanes) is 1. The van der Waals surface area contributed by atoms with Gasteiger partial charge in [-0.3, -0.25) is 9.59 Å². The molecule has 1 heterocycles. The van der Waals surface area contributed by atoms with E-state index in [0.717, 1.165) is 25.7 Å². The first kappa shape index (κ1) is 20.9. The Hall–Kier alpha value is -2.11. The monoisotopic (exact) mass is 350 g/mol. The van der Waals surface area contributed by atoms with Crippen LogP contribution in [0.3, 0.4) is 0 Å². The van der Waals surface area contributed by atoms with Crippen molar-refractivity contribution in [3.8, 4) is 0 Å². The van der Waals surface area contributed by atoms with Crippen LogP contribution in [0.2, 0.25) is 0 Å². The molecule has 0 aliphatic heterocycles. The normalized spacial score (nSPS) is 11.9. The molecule has 1 atom stereocenters. The van der Waals surface area contributed by atoms with Crippen molar-refractivity contribution in [2.24, 2.45) is 5.92 Å². The van der Waals surface area contributed by atoms with Crippen molar-refractivity contribution in [3.05, 3.63) is 22.5 Å². The molecule has 1 aromatic heterocycles. The minimum absolute atomic E-state index is 0.110. The highest BCUT2D eigenvalue weighted by Gasteiger charge is 2.21. The van der Waals surface area contributed by atoms with Gasteiger partial charge in [0.05, 0.1) is 0 Å². The summed E-state index contributed by atoms with van der Waals surface area (Å²) in [6.07, 6.45) is 4.38. The van der Waals surface area contributed by atoms with Gasteiger partial charge in [0, 0.05) is 17.8 Å². The van der Waals surface area contributed by atoms with Crippen molar-refractivity contribution in [2.75, 3.05) is 13.2 Å². The van der Waals surface area contributed by atoms with Crippen LogP contribution in [0.25, 0.3) is 0 Å². The molecule has 0 aliphatic carbocycles. The Kier molecular flexibility index (Phi) is 8.38. The first-order chi connectivity index (χ1) is 11.8. The van der Waals surface area contributed by atoms with E-state index in [9.17, 15) is 14.4 Å². The number of carbonyl (C=O) groups excluding carboxylic acids is 3. The maximum absolute atomic E-state index is 12.1. The topological polar surface area (TPSA) is 88.3 Å². The van der Waals surface area contributed by atoms with E-state index >= 15 is 0 Å². The van der Waals surface area contributed by atoms with Crippen LogP contribution in [0.1, 0.15) is 78.6 Å². The summed E-state index contributed by atoms with van der Waals surface area (Å²) in [5.74, 6) is -0.593. The molecule has 0 aromatic carbocycles. The Labute approximate surface area is 149 Å². The third kappa shape index (κ3) is 6.03. The largest absolute Gasteiger partial charge is 0.451 e. The van der Waals surface area contributed by atoms with Crippen LogP contribution in [0.15, 0.2) is 0 Å². The summed E-state index contributed by atoms with van der Waals surface area (Å²) in [6.45, 7) is 9.40. The van der Waals surface area contributed by atoms with Gasteiger partial charge in [0.1, 0.15) is 5.69 Å². The lowest BCUT2D eigenvalue weighted by molar-refractivity contribution is -0.124. The lowest BCUT2D eigenvalue weighted by atomic mass is 9.99. The zero-order chi connectivity index (χ0) is 19.0. The summed E-state index contributed by atoms with van der Waals surface area (Å²) in [5, 5.41) is 2.82. The number of hydrogen-bond acceptors (Lipinski definition) is 4. The fourth-order valence-electron chi connectivity index (χ4n) is 2.94. The minimum atomic E-state index is -0.624. The number of rotatable bonds is 10. The number of ether oxygens (including phenoxy) is 1. The van der Waals surface area contributed by atoms with Crippen LogP contribution in [0.4, 0.5) is 0 Å². The van der Waals surface area contributed by atoms with Crippen LogP contribution in [-0.4, -0.2) is 35.8 Å². The van der Waals surface area contributed by atoms with Crippen molar-refractivity contribution in [1.82, 2.24) is 10.3 Å². The standard InChI is InChI=1S/C19H30N2O4/c1-6-8-9-15(7-2)10-20-16(23)11-25-19(24)18-12(3)17(14(5)22)13(4)21-18/h15,21H,6-11H2,1-5H3,(H,20,23)/t15-/m0/s1. The van der Waals surface area contributed by atoms with E-state index in [-0.39, 0.29) is 24.0 Å². The Balaban J connectivity index is 2.52. The van der Waals surface area contributed by atoms with Crippen LogP contribution in [0, 0.1) is 19.8 Å². The van der Waals surface area contributed by atoms with Gasteiger partial charge in [-0.25, -0.2) is 4.79 Å². The molecule has 25 heavy (non-hydrogen) atoms. The first-order valence-corrected chi connectivity index (χ1v) is 8.95. The highest BCUT2D eigenvalue weighted by Crippen LogP contribution is 2.19. The van der Waals surface area contributed by atoms with Gasteiger partial charge in [0.15, 0.2) is 12.4 Å². The number of aromatic amines is 1. The number of aryl methyl sites for hydroxylation is 1. The maximum atomic E-state index is 12.1. The van der Waals surface area contributed by atoms with Gasteiger partial charge in [-0.2, -0.15) is 0 Å². The molecule has 0 unspecified atom stereocenters. The van der Waals surface area contributed by atoms with Gasteiger partial charge in [-0.05, 0) is 38.7 Å². The lowest BCUT2D eigenvalue weighted by Crippen LogP contribution is -2.33. The fraction of sp³-hybridized carbons (Fsp3) is 0.632. The molecule has 1 aromatic rings. The van der Waals surface area contributed by atoms with Gasteiger partial charge in [0.25, 0.3) is 5.91 Å². The molecule has 0 saturated carbocycles. The molecule has 2 N–H and O–H groups in total. The van der Waals surface area contributed by atoms with Crippen LogP contribution >= 0.6 is 0 Å². The molecule has 0 radical (unpaired) electrons. The zero-order valence-electron chi connectivity index (χ0n) is 16.0. The smallest absolute Gasteiger partial charge is 0.355 e. The number of amides is 1. The predicted octanol–water partition coefficient (Wildman–Crippen LogP) is 3.32. The Morgan fingerprint density at radius 1 is 1.20 bits per heavy atom. The van der Waals surface area contributed by atoms with Gasteiger partial charge in [-0.1, -0.05) is 33.1 Å². The van der Waals surface area contributed by atoms with Crippen molar-refractivity contribution in [1.29, 1.82) is 0 Å². The summed E-state index contributed by atoms with van der Waals surface area (Å²) in [5.41, 5.74) is 1.91. The number of ketones is 1. The third-order valence-corrected chi connectivity index (χ3v) is 4.46. The number of Topliss-reactive ketones (excluding diaryl/α,β-unsaturated/α-hetero) is 1. The summed E-state index contributed by atoms with van der Waals surface area (Å²) in [4.78, 5) is 38.5. The molecule has 0 fully saturated rings. The highest BCUT2D eigenvalue weighted by atomic mass is 16.5. The summed E-state index contributed by atoms with van der Waals surface area (Å²) >= 11 is 0. The summed E-state index contributed by atoms with van der Waals surface area (Å²) in [7, 11) is 0. The van der Waals surface area contributed by atoms with Gasteiger partial charge in [-0.15, -0.1) is 0 Å². The molecule has 6 nitrogen and oxygen atoms in total. The van der Waals surface area contributed by atoms with Crippen LogP contribution < -0.4 is 5.32 Å². The Morgan fingerprint density at radius 3 is 2.40 bits per heavy atom. The molecule has 6 heteroatoms. The summed E-state index contributed by atoms with van der Waals surface area (Å²) < 4.78 is 5.07. The van der Waals surface area contributed by atoms with Crippen LogP contribution in [-0.2, 0) is 9.53 Å². The number of esters is 1. The number of carbonyl (C=O) groups is 3. The van der Waals surface area contributed by atoms with Crippen molar-refractivity contribution < 1.29 is 19.1 Å². The van der Waals surface area contributed by atoms with E-state index in [4.69, 9.17) is 4.74 Å². The van der Waals surface area contributed by atoms with E-state index in [0.29, 0.717) is 29.3 Å². The average Bonchev–Trinajstić information content (AvgIpc) is 2.87. The minimum Gasteiger partial charge on any atom is -0.451 e. The molecule has 0 aliphatic rings. The van der Waals surface area contributed by atoms with E-state index < -0.39 is 5.97 Å². The molecule has 1 amide bonds. The predicted molar refractivity (Wildman–Crippen MR) is 96.9 cm³/mol. The Morgan fingerprint density at radius 2 is 1.88 bits per heavy atom. The highest BCUT2D eigenvalue weighted by molar-refractivity contribution is 6.01. The molecular weight excluding hydrogens is 320 g/mol. The van der Waals surface area contributed by atoms with Crippen LogP contribution in [0.5, 0.6) is 0 Å².